The fraction of sp³-hybridized carbons (Fsp3) is 0. The number of rotatable bonds is 3. The molecule has 15 heavy (non-hydrogen) atoms. The summed E-state index contributed by atoms with van der Waals surface area (Å²) in [5.74, 6) is -1.71. The molecule has 78 valence electrons. The van der Waals surface area contributed by atoms with Crippen LogP contribution in [-0.2, 0) is 9.59 Å². The van der Waals surface area contributed by atoms with Crippen molar-refractivity contribution >= 4 is 29.2 Å². The van der Waals surface area contributed by atoms with Gasteiger partial charge >= 0.3 is 5.97 Å². The number of benzene rings is 1. The predicted octanol–water partition coefficient (Wildman–Crippen LogP) is 1.92. The molecule has 0 radical (unpaired) electrons. The quantitative estimate of drug-likeness (QED) is 0.773. The molecule has 1 aromatic carbocycles. The molecule has 1 rings (SSSR count). The second kappa shape index (κ2) is 5.17. The SMILES string of the molecule is O=C(O)/C=C/C(=O)Nc1ccccc1Cl. The number of carboxylic acids is 1. The molecule has 2 N–H and O–H groups in total. The first kappa shape index (κ1) is 11.3. The number of anilines is 1. The summed E-state index contributed by atoms with van der Waals surface area (Å²) < 4.78 is 0. The number of halogens is 1. The molecular formula is C10H8ClNO3. The third-order valence-electron chi connectivity index (χ3n) is 1.51. The Bertz CT molecular complexity index is 415. The summed E-state index contributed by atoms with van der Waals surface area (Å²) in [6.07, 6.45) is 1.68. The molecule has 0 aromatic heterocycles. The van der Waals surface area contributed by atoms with Crippen LogP contribution in [0.4, 0.5) is 5.69 Å². The Morgan fingerprint density at radius 1 is 1.27 bits per heavy atom. The summed E-state index contributed by atoms with van der Waals surface area (Å²) in [5, 5.41) is 11.1. The molecule has 0 aliphatic heterocycles. The van der Waals surface area contributed by atoms with E-state index in [-0.39, 0.29) is 0 Å². The van der Waals surface area contributed by atoms with Crippen LogP contribution < -0.4 is 5.32 Å². The number of amides is 1. The monoisotopic (exact) mass is 225 g/mol. The van der Waals surface area contributed by atoms with Gasteiger partial charge in [-0.2, -0.15) is 0 Å². The van der Waals surface area contributed by atoms with Crippen molar-refractivity contribution in [3.63, 3.8) is 0 Å². The van der Waals surface area contributed by atoms with E-state index in [1.165, 1.54) is 0 Å². The van der Waals surface area contributed by atoms with Crippen molar-refractivity contribution in [2.24, 2.45) is 0 Å². The van der Waals surface area contributed by atoms with Gasteiger partial charge in [-0.3, -0.25) is 4.79 Å². The van der Waals surface area contributed by atoms with E-state index in [1.54, 1.807) is 24.3 Å². The molecule has 0 unspecified atom stereocenters. The molecule has 0 aliphatic rings. The maximum Gasteiger partial charge on any atom is 0.328 e. The van der Waals surface area contributed by atoms with Crippen molar-refractivity contribution in [1.29, 1.82) is 0 Å². The van der Waals surface area contributed by atoms with E-state index < -0.39 is 11.9 Å². The number of carbonyl (C=O) groups is 2. The Morgan fingerprint density at radius 2 is 1.93 bits per heavy atom. The third-order valence-corrected chi connectivity index (χ3v) is 1.84. The number of carboxylic acid groups (broad SMARTS) is 1. The lowest BCUT2D eigenvalue weighted by Gasteiger charge is -2.03. The van der Waals surface area contributed by atoms with Gasteiger partial charge in [0.1, 0.15) is 0 Å². The fourth-order valence-electron chi connectivity index (χ4n) is 0.884. The van der Waals surface area contributed by atoms with Crippen molar-refractivity contribution in [3.05, 3.63) is 41.4 Å². The Morgan fingerprint density at radius 3 is 2.53 bits per heavy atom. The largest absolute Gasteiger partial charge is 0.478 e. The van der Waals surface area contributed by atoms with Crippen LogP contribution in [0.15, 0.2) is 36.4 Å². The number of hydrogen-bond acceptors (Lipinski definition) is 2. The standard InChI is InChI=1S/C10H8ClNO3/c11-7-3-1-2-4-8(7)12-9(13)5-6-10(14)15/h1-6H,(H,12,13)(H,14,15)/b6-5+. The fourth-order valence-corrected chi connectivity index (χ4v) is 1.07. The zero-order chi connectivity index (χ0) is 11.3. The molecule has 0 atom stereocenters. The molecule has 0 spiro atoms. The second-order valence-corrected chi connectivity index (χ2v) is 3.05. The lowest BCUT2D eigenvalue weighted by molar-refractivity contribution is -0.131. The van der Waals surface area contributed by atoms with Crippen molar-refractivity contribution in [1.82, 2.24) is 0 Å². The van der Waals surface area contributed by atoms with Crippen LogP contribution in [-0.4, -0.2) is 17.0 Å². The molecule has 0 heterocycles. The highest BCUT2D eigenvalue weighted by atomic mass is 35.5. The summed E-state index contributed by atoms with van der Waals surface area (Å²) in [7, 11) is 0. The van der Waals surface area contributed by atoms with E-state index in [0.29, 0.717) is 10.7 Å². The Kier molecular flexibility index (Phi) is 3.88. The summed E-state index contributed by atoms with van der Waals surface area (Å²) in [5.41, 5.74) is 0.444. The van der Waals surface area contributed by atoms with Crippen LogP contribution in [0.5, 0.6) is 0 Å². The molecule has 0 saturated carbocycles. The summed E-state index contributed by atoms with van der Waals surface area (Å²) in [4.78, 5) is 21.3. The van der Waals surface area contributed by atoms with Gasteiger partial charge in [0.25, 0.3) is 0 Å². The van der Waals surface area contributed by atoms with E-state index in [9.17, 15) is 9.59 Å². The molecular weight excluding hydrogens is 218 g/mol. The molecule has 0 saturated heterocycles. The average Bonchev–Trinajstić information content (AvgIpc) is 2.18. The number of aliphatic carboxylic acids is 1. The molecule has 0 fully saturated rings. The number of nitrogens with one attached hydrogen (secondary N) is 1. The van der Waals surface area contributed by atoms with Crippen LogP contribution in [0.3, 0.4) is 0 Å². The summed E-state index contributed by atoms with van der Waals surface area (Å²) >= 11 is 5.78. The molecule has 0 bridgehead atoms. The van der Waals surface area contributed by atoms with Crippen LogP contribution in [0.2, 0.25) is 5.02 Å². The number of hydrogen-bond donors (Lipinski definition) is 2. The van der Waals surface area contributed by atoms with Gasteiger partial charge in [0.15, 0.2) is 0 Å². The minimum Gasteiger partial charge on any atom is -0.478 e. The van der Waals surface area contributed by atoms with Gasteiger partial charge in [0, 0.05) is 12.2 Å². The first-order chi connectivity index (χ1) is 7.09. The molecule has 5 heteroatoms. The van der Waals surface area contributed by atoms with Gasteiger partial charge in [-0.25, -0.2) is 4.79 Å². The lowest BCUT2D eigenvalue weighted by atomic mass is 10.3. The van der Waals surface area contributed by atoms with Gasteiger partial charge in [-0.1, -0.05) is 23.7 Å². The van der Waals surface area contributed by atoms with Gasteiger partial charge in [-0.05, 0) is 12.1 Å². The van der Waals surface area contributed by atoms with E-state index in [1.807, 2.05) is 0 Å². The highest BCUT2D eigenvalue weighted by Crippen LogP contribution is 2.20. The van der Waals surface area contributed by atoms with Gasteiger partial charge in [-0.15, -0.1) is 0 Å². The number of carbonyl (C=O) groups excluding carboxylic acids is 1. The van der Waals surface area contributed by atoms with Gasteiger partial charge in [0.05, 0.1) is 10.7 Å². The van der Waals surface area contributed by atoms with Crippen molar-refractivity contribution < 1.29 is 14.7 Å². The Labute approximate surface area is 91.2 Å². The normalized spacial score (nSPS) is 10.2. The van der Waals surface area contributed by atoms with Crippen molar-refractivity contribution in [2.45, 2.75) is 0 Å². The smallest absolute Gasteiger partial charge is 0.328 e. The van der Waals surface area contributed by atoms with Crippen LogP contribution in [0, 0.1) is 0 Å². The van der Waals surface area contributed by atoms with Gasteiger partial charge in [0.2, 0.25) is 5.91 Å². The summed E-state index contributed by atoms with van der Waals surface area (Å²) in [6, 6.07) is 6.68. The first-order valence-electron chi connectivity index (χ1n) is 4.06. The van der Waals surface area contributed by atoms with Crippen LogP contribution in [0.1, 0.15) is 0 Å². The van der Waals surface area contributed by atoms with E-state index >= 15 is 0 Å². The highest BCUT2D eigenvalue weighted by molar-refractivity contribution is 6.33. The second-order valence-electron chi connectivity index (χ2n) is 2.64. The number of para-hydroxylation sites is 1. The maximum atomic E-state index is 11.1. The van der Waals surface area contributed by atoms with Crippen molar-refractivity contribution in [3.8, 4) is 0 Å². The van der Waals surface area contributed by atoms with Gasteiger partial charge < -0.3 is 10.4 Å². The van der Waals surface area contributed by atoms with Crippen LogP contribution >= 0.6 is 11.6 Å². The van der Waals surface area contributed by atoms with Crippen LogP contribution in [0.25, 0.3) is 0 Å². The minimum atomic E-state index is -1.18. The maximum absolute atomic E-state index is 11.1. The Hall–Kier alpha value is -1.81. The summed E-state index contributed by atoms with van der Waals surface area (Å²) in [6.45, 7) is 0. The zero-order valence-corrected chi connectivity index (χ0v) is 8.36. The highest BCUT2D eigenvalue weighted by Gasteiger charge is 2.01. The van der Waals surface area contributed by atoms with E-state index in [4.69, 9.17) is 16.7 Å². The predicted molar refractivity (Wildman–Crippen MR) is 56.9 cm³/mol. The van der Waals surface area contributed by atoms with E-state index in [2.05, 4.69) is 5.32 Å². The molecule has 1 aromatic rings. The van der Waals surface area contributed by atoms with Crippen molar-refractivity contribution in [2.75, 3.05) is 5.32 Å². The topological polar surface area (TPSA) is 66.4 Å². The minimum absolute atomic E-state index is 0.398. The lowest BCUT2D eigenvalue weighted by Crippen LogP contribution is -2.08. The molecule has 0 aliphatic carbocycles. The zero-order valence-electron chi connectivity index (χ0n) is 7.61. The molecule has 4 nitrogen and oxygen atoms in total. The molecule has 1 amide bonds. The Balaban J connectivity index is 2.67. The third kappa shape index (κ3) is 3.83. The van der Waals surface area contributed by atoms with E-state index in [0.717, 1.165) is 12.2 Å². The first-order valence-corrected chi connectivity index (χ1v) is 4.44. The average molecular weight is 226 g/mol.